The van der Waals surface area contributed by atoms with E-state index in [4.69, 9.17) is 4.43 Å². The second-order valence-corrected chi connectivity index (χ2v) is 14.6. The van der Waals surface area contributed by atoms with Gasteiger partial charge in [-0.3, -0.25) is 0 Å². The molecule has 0 fully saturated rings. The molecule has 1 aromatic rings. The van der Waals surface area contributed by atoms with Crippen LogP contribution in [0.2, 0.25) is 16.6 Å². The third-order valence-corrected chi connectivity index (χ3v) is 12.2. The van der Waals surface area contributed by atoms with Crippen LogP contribution in [0.3, 0.4) is 0 Å². The molecular formula is C25H44O3Si. The molecule has 0 aliphatic rings. The summed E-state index contributed by atoms with van der Waals surface area (Å²) in [5.74, 6) is 0. The van der Waals surface area contributed by atoms with Gasteiger partial charge in [0.15, 0.2) is 0 Å². The number of hydrogen-bond donors (Lipinski definition) is 2. The van der Waals surface area contributed by atoms with Gasteiger partial charge in [0, 0.05) is 0 Å². The van der Waals surface area contributed by atoms with Gasteiger partial charge in [0.25, 0.3) is 0 Å². The molecule has 29 heavy (non-hydrogen) atoms. The molecule has 3 atom stereocenters. The van der Waals surface area contributed by atoms with Gasteiger partial charge in [-0.25, -0.2) is 0 Å². The molecule has 1 rings (SSSR count). The van der Waals surface area contributed by atoms with E-state index < -0.39 is 20.5 Å². The molecule has 0 saturated carbocycles. The van der Waals surface area contributed by atoms with Gasteiger partial charge in [-0.2, -0.15) is 0 Å². The van der Waals surface area contributed by atoms with Crippen LogP contribution in [0.15, 0.2) is 42.5 Å². The van der Waals surface area contributed by atoms with E-state index in [1.807, 2.05) is 36.4 Å². The van der Waals surface area contributed by atoms with Crippen LogP contribution >= 0.6 is 0 Å². The predicted molar refractivity (Wildman–Crippen MR) is 127 cm³/mol. The molecule has 0 amide bonds. The van der Waals surface area contributed by atoms with Crippen molar-refractivity contribution in [2.45, 2.75) is 109 Å². The van der Waals surface area contributed by atoms with E-state index in [9.17, 15) is 10.2 Å². The largest absolute Gasteiger partial charge is 0.410 e. The molecule has 0 bridgehead atoms. The van der Waals surface area contributed by atoms with E-state index in [0.29, 0.717) is 23.0 Å². The van der Waals surface area contributed by atoms with Crippen LogP contribution in [-0.4, -0.2) is 36.8 Å². The zero-order valence-corrected chi connectivity index (χ0v) is 20.6. The Morgan fingerprint density at radius 3 is 1.90 bits per heavy atom. The summed E-state index contributed by atoms with van der Waals surface area (Å²) in [4.78, 5) is 0. The minimum absolute atomic E-state index is 0.00478. The van der Waals surface area contributed by atoms with Crippen LogP contribution < -0.4 is 0 Å². The molecule has 4 heteroatoms. The lowest BCUT2D eigenvalue weighted by atomic mass is 10.0. The zero-order valence-electron chi connectivity index (χ0n) is 19.6. The van der Waals surface area contributed by atoms with Crippen LogP contribution in [0.1, 0.15) is 73.3 Å². The Balaban J connectivity index is 2.81. The molecule has 166 valence electrons. The molecule has 0 saturated heterocycles. The number of aliphatic hydroxyl groups excluding tert-OH is 2. The standard InChI is InChI=1S/C25H44O3Si/c1-8-12-23(28-29(19(2)3,20(4)5)21(6)7)16-18-25(27)24(26)17-15-22-13-10-9-11-14-22/h9-11,13-14,16,18-21,23-27H,8,12,15,17H2,1-7H3/b18-16-/t23-,24+,25-/m0/s1. The van der Waals surface area contributed by atoms with Gasteiger partial charge in [0.1, 0.15) is 0 Å². The highest BCUT2D eigenvalue weighted by Gasteiger charge is 2.46. The predicted octanol–water partition coefficient (Wildman–Crippen LogP) is 6.26. The fourth-order valence-electron chi connectivity index (χ4n) is 4.65. The first-order valence-electron chi connectivity index (χ1n) is 11.4. The lowest BCUT2D eigenvalue weighted by molar-refractivity contribution is 0.0427. The van der Waals surface area contributed by atoms with Crippen LogP contribution in [0.4, 0.5) is 0 Å². The summed E-state index contributed by atoms with van der Waals surface area (Å²) in [7, 11) is -1.98. The van der Waals surface area contributed by atoms with Crippen molar-refractivity contribution in [1.82, 2.24) is 0 Å². The highest BCUT2D eigenvalue weighted by Crippen LogP contribution is 2.43. The Hall–Kier alpha value is -0.943. The monoisotopic (exact) mass is 420 g/mol. The second-order valence-electron chi connectivity index (χ2n) is 9.23. The fraction of sp³-hybridized carbons (Fsp3) is 0.680. The second kappa shape index (κ2) is 12.7. The maximum absolute atomic E-state index is 10.5. The highest BCUT2D eigenvalue weighted by molar-refractivity contribution is 6.77. The molecule has 0 unspecified atom stereocenters. The van der Waals surface area contributed by atoms with E-state index in [1.165, 1.54) is 5.56 Å². The molecule has 3 nitrogen and oxygen atoms in total. The molecule has 0 aliphatic heterocycles. The third kappa shape index (κ3) is 7.67. The summed E-state index contributed by atoms with van der Waals surface area (Å²) < 4.78 is 6.88. The van der Waals surface area contributed by atoms with Crippen molar-refractivity contribution in [1.29, 1.82) is 0 Å². The van der Waals surface area contributed by atoms with E-state index in [2.05, 4.69) is 48.5 Å². The van der Waals surface area contributed by atoms with Crippen molar-refractivity contribution in [3.63, 3.8) is 0 Å². The van der Waals surface area contributed by atoms with Crippen LogP contribution in [0.5, 0.6) is 0 Å². The summed E-state index contributed by atoms with van der Waals surface area (Å²) >= 11 is 0. The summed E-state index contributed by atoms with van der Waals surface area (Å²) in [5.41, 5.74) is 2.75. The average molecular weight is 421 g/mol. The van der Waals surface area contributed by atoms with E-state index in [-0.39, 0.29) is 6.10 Å². The lowest BCUT2D eigenvalue weighted by Crippen LogP contribution is -2.50. The first-order chi connectivity index (χ1) is 13.6. The smallest absolute Gasteiger partial charge is 0.201 e. The quantitative estimate of drug-likeness (QED) is 0.292. The summed E-state index contributed by atoms with van der Waals surface area (Å²) in [5, 5.41) is 20.8. The number of aliphatic hydroxyl groups is 2. The number of aryl methyl sites for hydroxylation is 1. The topological polar surface area (TPSA) is 49.7 Å². The first kappa shape index (κ1) is 26.1. The van der Waals surface area contributed by atoms with Crippen LogP contribution in [-0.2, 0) is 10.8 Å². The Kier molecular flexibility index (Phi) is 11.4. The van der Waals surface area contributed by atoms with Crippen molar-refractivity contribution >= 4 is 8.32 Å². The van der Waals surface area contributed by atoms with Gasteiger partial charge < -0.3 is 14.6 Å². The average Bonchev–Trinajstić information content (AvgIpc) is 2.67. The van der Waals surface area contributed by atoms with E-state index in [0.717, 1.165) is 19.3 Å². The highest BCUT2D eigenvalue weighted by atomic mass is 28.4. The van der Waals surface area contributed by atoms with Crippen LogP contribution in [0, 0.1) is 0 Å². The Morgan fingerprint density at radius 2 is 1.41 bits per heavy atom. The molecule has 0 aliphatic carbocycles. The molecule has 1 aromatic carbocycles. The van der Waals surface area contributed by atoms with Crippen molar-refractivity contribution < 1.29 is 14.6 Å². The van der Waals surface area contributed by atoms with Crippen molar-refractivity contribution in [3.8, 4) is 0 Å². The number of hydrogen-bond acceptors (Lipinski definition) is 3. The van der Waals surface area contributed by atoms with Crippen molar-refractivity contribution in [2.75, 3.05) is 0 Å². The number of benzene rings is 1. The van der Waals surface area contributed by atoms with E-state index in [1.54, 1.807) is 6.08 Å². The summed E-state index contributed by atoms with van der Waals surface area (Å²) in [6, 6.07) is 10.1. The maximum atomic E-state index is 10.5. The molecular weight excluding hydrogens is 376 g/mol. The molecule has 0 aromatic heterocycles. The normalized spacial score (nSPS) is 16.1. The van der Waals surface area contributed by atoms with Gasteiger partial charge >= 0.3 is 0 Å². The summed E-state index contributed by atoms with van der Waals surface area (Å²) in [6.07, 6.45) is 5.36. The van der Waals surface area contributed by atoms with Crippen LogP contribution in [0.25, 0.3) is 0 Å². The molecule has 0 spiro atoms. The van der Waals surface area contributed by atoms with Gasteiger partial charge in [-0.05, 0) is 41.4 Å². The minimum atomic E-state index is -1.98. The van der Waals surface area contributed by atoms with Gasteiger partial charge in [-0.1, -0.05) is 97.4 Å². The fourth-order valence-corrected chi connectivity index (χ4v) is 10.2. The van der Waals surface area contributed by atoms with Gasteiger partial charge in [0.05, 0.1) is 18.3 Å². The Labute approximate surface area is 180 Å². The Morgan fingerprint density at radius 1 is 0.862 bits per heavy atom. The first-order valence-corrected chi connectivity index (χ1v) is 13.5. The molecule has 0 radical (unpaired) electrons. The SMILES string of the molecule is CCC[C@@H](/C=C\[C@H](O)[C@H](O)CCc1ccccc1)O[Si](C(C)C)(C(C)C)C(C)C. The lowest BCUT2D eigenvalue weighted by Gasteiger charge is -2.44. The van der Waals surface area contributed by atoms with Gasteiger partial charge in [-0.15, -0.1) is 0 Å². The molecule has 2 N–H and O–H groups in total. The number of rotatable bonds is 13. The summed E-state index contributed by atoms with van der Waals surface area (Å²) in [6.45, 7) is 15.9. The molecule has 0 heterocycles. The van der Waals surface area contributed by atoms with Crippen molar-refractivity contribution in [2.24, 2.45) is 0 Å². The third-order valence-electron chi connectivity index (χ3n) is 6.12. The maximum Gasteiger partial charge on any atom is 0.201 e. The van der Waals surface area contributed by atoms with Crippen molar-refractivity contribution in [3.05, 3.63) is 48.0 Å². The Bertz CT molecular complexity index is 561. The minimum Gasteiger partial charge on any atom is -0.410 e. The van der Waals surface area contributed by atoms with Gasteiger partial charge in [0.2, 0.25) is 8.32 Å². The van der Waals surface area contributed by atoms with E-state index >= 15 is 0 Å². The zero-order chi connectivity index (χ0) is 22.0.